The Bertz CT molecular complexity index is 216. The van der Waals surface area contributed by atoms with E-state index in [4.69, 9.17) is 5.41 Å². The van der Waals surface area contributed by atoms with E-state index in [0.717, 1.165) is 12.2 Å². The molecule has 0 saturated carbocycles. The van der Waals surface area contributed by atoms with Crippen LogP contribution in [0.5, 0.6) is 0 Å². The molecule has 0 aliphatic heterocycles. The van der Waals surface area contributed by atoms with E-state index >= 15 is 0 Å². The van der Waals surface area contributed by atoms with Crippen molar-refractivity contribution in [2.75, 3.05) is 5.75 Å². The molecule has 1 atom stereocenters. The van der Waals surface area contributed by atoms with E-state index in [-0.39, 0.29) is 0 Å². The van der Waals surface area contributed by atoms with Crippen molar-refractivity contribution in [3.8, 4) is 0 Å². The largest absolute Gasteiger partial charge is 0.306 e. The smallest absolute Gasteiger partial charge is 0.0283 e. The summed E-state index contributed by atoms with van der Waals surface area (Å²) in [6, 6.07) is 0. The van der Waals surface area contributed by atoms with E-state index < -0.39 is 0 Å². The minimum atomic E-state index is 0.595. The van der Waals surface area contributed by atoms with Gasteiger partial charge in [-0.3, -0.25) is 0 Å². The van der Waals surface area contributed by atoms with Gasteiger partial charge in [-0.15, -0.1) is 0 Å². The molecule has 0 saturated heterocycles. The third kappa shape index (κ3) is 6.64. The van der Waals surface area contributed by atoms with Crippen LogP contribution in [0.2, 0.25) is 0 Å². The first-order chi connectivity index (χ1) is 6.10. The molecule has 0 heterocycles. The van der Waals surface area contributed by atoms with Crippen molar-refractivity contribution in [2.24, 2.45) is 5.92 Å². The monoisotopic (exact) mass is 197 g/mol. The van der Waals surface area contributed by atoms with Gasteiger partial charge >= 0.3 is 0 Å². The Morgan fingerprint density at radius 2 is 2.08 bits per heavy atom. The van der Waals surface area contributed by atoms with Gasteiger partial charge in [0.05, 0.1) is 0 Å². The maximum absolute atomic E-state index is 7.26. The molecule has 74 valence electrons. The van der Waals surface area contributed by atoms with Crippen LogP contribution in [0, 0.1) is 11.3 Å². The summed E-state index contributed by atoms with van der Waals surface area (Å²) < 4.78 is 0. The third-order valence-corrected chi connectivity index (χ3v) is 2.44. The van der Waals surface area contributed by atoms with E-state index in [2.05, 4.69) is 25.6 Å². The van der Waals surface area contributed by atoms with Gasteiger partial charge in [-0.05, 0) is 38.0 Å². The highest BCUT2D eigenvalue weighted by Crippen LogP contribution is 2.13. The second-order valence-corrected chi connectivity index (χ2v) is 3.74. The lowest BCUT2D eigenvalue weighted by molar-refractivity contribution is 0.663. The molecule has 13 heavy (non-hydrogen) atoms. The van der Waals surface area contributed by atoms with E-state index in [1.54, 1.807) is 6.92 Å². The molecule has 0 spiro atoms. The predicted molar refractivity (Wildman–Crippen MR) is 63.9 cm³/mol. The van der Waals surface area contributed by atoms with Gasteiger partial charge in [-0.1, -0.05) is 24.6 Å². The summed E-state index contributed by atoms with van der Waals surface area (Å²) in [5, 5.41) is 7.26. The SMILES string of the molecule is C/C=C(\C=C/C(C)=N)CC(C)CS. The molecular formula is C11H19NS. The van der Waals surface area contributed by atoms with Crippen LogP contribution in [-0.2, 0) is 0 Å². The minimum absolute atomic E-state index is 0.595. The Labute approximate surface area is 86.8 Å². The molecule has 0 fully saturated rings. The first-order valence-corrected chi connectivity index (χ1v) is 5.22. The molecule has 0 aromatic carbocycles. The molecular weight excluding hydrogens is 178 g/mol. The van der Waals surface area contributed by atoms with Crippen LogP contribution in [0.1, 0.15) is 27.2 Å². The molecule has 0 rings (SSSR count). The number of rotatable bonds is 5. The van der Waals surface area contributed by atoms with Crippen molar-refractivity contribution in [1.82, 2.24) is 0 Å². The molecule has 1 N–H and O–H groups in total. The number of nitrogens with one attached hydrogen (secondary N) is 1. The summed E-state index contributed by atoms with van der Waals surface area (Å²) in [4.78, 5) is 0. The molecule has 0 aromatic heterocycles. The molecule has 0 amide bonds. The maximum atomic E-state index is 7.26. The van der Waals surface area contributed by atoms with Crippen molar-refractivity contribution >= 4 is 18.3 Å². The second-order valence-electron chi connectivity index (χ2n) is 3.37. The van der Waals surface area contributed by atoms with Gasteiger partial charge in [0, 0.05) is 5.71 Å². The Hall–Kier alpha value is -0.500. The highest BCUT2D eigenvalue weighted by atomic mass is 32.1. The van der Waals surface area contributed by atoms with Crippen molar-refractivity contribution in [1.29, 1.82) is 5.41 Å². The summed E-state index contributed by atoms with van der Waals surface area (Å²) >= 11 is 4.24. The summed E-state index contributed by atoms with van der Waals surface area (Å²) in [6.45, 7) is 6.00. The van der Waals surface area contributed by atoms with Gasteiger partial charge in [0.2, 0.25) is 0 Å². The highest BCUT2D eigenvalue weighted by Gasteiger charge is 2.00. The lowest BCUT2D eigenvalue weighted by Crippen LogP contribution is -1.97. The standard InChI is InChI=1S/C11H19NS/c1-4-11(6-5-10(3)12)7-9(2)8-13/h4-6,9,12-13H,7-8H2,1-3H3/b6-5-,11-4+,12-10?. The molecule has 0 bridgehead atoms. The Morgan fingerprint density at radius 3 is 2.46 bits per heavy atom. The number of hydrogen-bond donors (Lipinski definition) is 2. The van der Waals surface area contributed by atoms with Gasteiger partial charge in [-0.2, -0.15) is 12.6 Å². The quantitative estimate of drug-likeness (QED) is 0.383. The fraction of sp³-hybridized carbons (Fsp3) is 0.545. The molecule has 0 radical (unpaired) electrons. The Kier molecular flexibility index (Phi) is 6.69. The molecule has 2 heteroatoms. The van der Waals surface area contributed by atoms with Crippen molar-refractivity contribution < 1.29 is 0 Å². The zero-order valence-corrected chi connectivity index (χ0v) is 9.57. The molecule has 1 nitrogen and oxygen atoms in total. The van der Waals surface area contributed by atoms with Crippen LogP contribution in [-0.4, -0.2) is 11.5 Å². The number of allylic oxidation sites excluding steroid dienone is 4. The Balaban J connectivity index is 4.13. The number of hydrogen-bond acceptors (Lipinski definition) is 2. The van der Waals surface area contributed by atoms with Crippen molar-refractivity contribution in [3.05, 3.63) is 23.8 Å². The normalized spacial score (nSPS) is 14.9. The zero-order valence-electron chi connectivity index (χ0n) is 8.67. The van der Waals surface area contributed by atoms with Crippen LogP contribution in [0.3, 0.4) is 0 Å². The topological polar surface area (TPSA) is 23.9 Å². The van der Waals surface area contributed by atoms with Crippen LogP contribution in [0.4, 0.5) is 0 Å². The summed E-state index contributed by atoms with van der Waals surface area (Å²) in [5.74, 6) is 1.51. The fourth-order valence-corrected chi connectivity index (χ4v) is 1.11. The first-order valence-electron chi connectivity index (χ1n) is 4.59. The number of thiol groups is 1. The summed E-state index contributed by atoms with van der Waals surface area (Å²) in [6.07, 6.45) is 6.99. The average Bonchev–Trinajstić information content (AvgIpc) is 2.11. The minimum Gasteiger partial charge on any atom is -0.306 e. The zero-order chi connectivity index (χ0) is 10.3. The van der Waals surface area contributed by atoms with E-state index in [1.807, 2.05) is 19.1 Å². The van der Waals surface area contributed by atoms with Crippen LogP contribution in [0.15, 0.2) is 23.8 Å². The van der Waals surface area contributed by atoms with E-state index in [1.165, 1.54) is 5.57 Å². The van der Waals surface area contributed by atoms with Gasteiger partial charge in [0.1, 0.15) is 0 Å². The first kappa shape index (κ1) is 12.5. The maximum Gasteiger partial charge on any atom is 0.0283 e. The van der Waals surface area contributed by atoms with Gasteiger partial charge < -0.3 is 5.41 Å². The van der Waals surface area contributed by atoms with Gasteiger partial charge in [0.15, 0.2) is 0 Å². The van der Waals surface area contributed by atoms with Crippen molar-refractivity contribution in [2.45, 2.75) is 27.2 Å². The van der Waals surface area contributed by atoms with Crippen LogP contribution in [0.25, 0.3) is 0 Å². The summed E-state index contributed by atoms with van der Waals surface area (Å²) in [5.41, 5.74) is 1.88. The molecule has 0 aliphatic carbocycles. The lowest BCUT2D eigenvalue weighted by atomic mass is 10.0. The van der Waals surface area contributed by atoms with Gasteiger partial charge in [-0.25, -0.2) is 0 Å². The second kappa shape index (κ2) is 6.96. The van der Waals surface area contributed by atoms with E-state index in [9.17, 15) is 0 Å². The predicted octanol–water partition coefficient (Wildman–Crippen LogP) is 3.48. The average molecular weight is 197 g/mol. The van der Waals surface area contributed by atoms with Crippen LogP contribution >= 0.6 is 12.6 Å². The molecule has 0 aromatic rings. The fourth-order valence-electron chi connectivity index (χ4n) is 0.981. The lowest BCUT2D eigenvalue weighted by Gasteiger charge is -2.07. The highest BCUT2D eigenvalue weighted by molar-refractivity contribution is 7.80. The summed E-state index contributed by atoms with van der Waals surface area (Å²) in [7, 11) is 0. The third-order valence-electron chi connectivity index (χ3n) is 1.81. The van der Waals surface area contributed by atoms with E-state index in [0.29, 0.717) is 11.6 Å². The molecule has 1 unspecified atom stereocenters. The molecule has 0 aliphatic rings. The van der Waals surface area contributed by atoms with Crippen molar-refractivity contribution in [3.63, 3.8) is 0 Å². The van der Waals surface area contributed by atoms with Crippen LogP contribution < -0.4 is 0 Å². The van der Waals surface area contributed by atoms with Gasteiger partial charge in [0.25, 0.3) is 0 Å². The Morgan fingerprint density at radius 1 is 1.46 bits per heavy atom.